The predicted molar refractivity (Wildman–Crippen MR) is 186 cm³/mol. The van der Waals surface area contributed by atoms with Crippen LogP contribution < -0.4 is 10.1 Å². The molecule has 244 valence electrons. The lowest BCUT2D eigenvalue weighted by Gasteiger charge is -2.49. The third kappa shape index (κ3) is 6.80. The van der Waals surface area contributed by atoms with E-state index in [2.05, 4.69) is 50.0 Å². The van der Waals surface area contributed by atoms with Crippen molar-refractivity contribution >= 4 is 34.8 Å². The second-order valence-electron chi connectivity index (χ2n) is 14.9. The third-order valence-corrected chi connectivity index (χ3v) is 9.74. The minimum atomic E-state index is -0.643. The van der Waals surface area contributed by atoms with Crippen LogP contribution >= 0.6 is 11.6 Å². The molecule has 47 heavy (non-hydrogen) atoms. The SMILES string of the molecule is Cc1ccc(NC(=O)COc2ccc(Cl)cc2C2C3=C(CC(C)(C)CC3=O)N(Cc3ccccc3)C3=C2C(=O)CC(C)(C)C3)c(C)c1. The number of ether oxygens (including phenoxy) is 1. The summed E-state index contributed by atoms with van der Waals surface area (Å²) in [4.78, 5) is 44.0. The highest BCUT2D eigenvalue weighted by Crippen LogP contribution is 2.56. The average Bonchev–Trinajstić information content (AvgIpc) is 2.98. The molecule has 0 bridgehead atoms. The second-order valence-corrected chi connectivity index (χ2v) is 15.4. The first-order chi connectivity index (χ1) is 22.2. The number of aryl methyl sites for hydroxylation is 2. The van der Waals surface area contributed by atoms with Crippen molar-refractivity contribution in [3.05, 3.63) is 117 Å². The molecule has 3 aromatic rings. The molecule has 0 radical (unpaired) electrons. The Hall–Kier alpha value is -4.16. The molecule has 1 amide bonds. The fourth-order valence-electron chi connectivity index (χ4n) is 7.48. The van der Waals surface area contributed by atoms with E-state index in [0.29, 0.717) is 59.7 Å². The van der Waals surface area contributed by atoms with Crippen LogP contribution in [0.15, 0.2) is 89.3 Å². The number of nitrogens with zero attached hydrogens (tertiary/aromatic N) is 1. The van der Waals surface area contributed by atoms with E-state index >= 15 is 0 Å². The summed E-state index contributed by atoms with van der Waals surface area (Å²) in [6.45, 7) is 12.8. The molecule has 6 rings (SSSR count). The summed E-state index contributed by atoms with van der Waals surface area (Å²) in [5.41, 5.74) is 7.24. The molecule has 0 unspecified atom stereocenters. The molecule has 0 atom stereocenters. The van der Waals surface area contributed by atoms with Crippen LogP contribution in [0.2, 0.25) is 5.02 Å². The van der Waals surface area contributed by atoms with Gasteiger partial charge in [-0.15, -0.1) is 0 Å². The number of Topliss-reactive ketones (excluding diaryl/α,β-unsaturated/α-hetero) is 2. The van der Waals surface area contributed by atoms with Gasteiger partial charge in [0.15, 0.2) is 18.2 Å². The van der Waals surface area contributed by atoms with Crippen LogP contribution in [-0.4, -0.2) is 29.0 Å². The summed E-state index contributed by atoms with van der Waals surface area (Å²) in [5.74, 6) is -0.457. The smallest absolute Gasteiger partial charge is 0.262 e. The van der Waals surface area contributed by atoms with E-state index in [4.69, 9.17) is 16.3 Å². The third-order valence-electron chi connectivity index (χ3n) is 9.50. The van der Waals surface area contributed by atoms with Gasteiger partial charge < -0.3 is 15.0 Å². The molecule has 6 nitrogen and oxygen atoms in total. The molecule has 0 fully saturated rings. The highest BCUT2D eigenvalue weighted by molar-refractivity contribution is 6.30. The van der Waals surface area contributed by atoms with E-state index in [1.807, 2.05) is 50.2 Å². The van der Waals surface area contributed by atoms with Crippen LogP contribution in [0.4, 0.5) is 5.69 Å². The lowest BCUT2D eigenvalue weighted by Crippen LogP contribution is -2.44. The maximum Gasteiger partial charge on any atom is 0.262 e. The summed E-state index contributed by atoms with van der Waals surface area (Å²) in [6.07, 6.45) is 2.13. The Kier molecular flexibility index (Phi) is 8.69. The maximum absolute atomic E-state index is 14.3. The van der Waals surface area contributed by atoms with Crippen LogP contribution in [0.1, 0.15) is 81.5 Å². The Labute approximate surface area is 282 Å². The minimum absolute atomic E-state index is 0.0296. The van der Waals surface area contributed by atoms with Gasteiger partial charge in [-0.2, -0.15) is 0 Å². The van der Waals surface area contributed by atoms with E-state index in [9.17, 15) is 14.4 Å². The first-order valence-corrected chi connectivity index (χ1v) is 16.7. The van der Waals surface area contributed by atoms with Crippen LogP contribution in [0, 0.1) is 24.7 Å². The Bertz CT molecular complexity index is 1780. The molecule has 1 heterocycles. The zero-order chi connectivity index (χ0) is 33.7. The van der Waals surface area contributed by atoms with Crippen molar-refractivity contribution in [3.8, 4) is 5.75 Å². The van der Waals surface area contributed by atoms with Gasteiger partial charge in [0.25, 0.3) is 5.91 Å². The lowest BCUT2D eigenvalue weighted by molar-refractivity contribution is -0.120. The number of allylic oxidation sites excluding steroid dienone is 4. The molecule has 3 aromatic carbocycles. The number of anilines is 1. The van der Waals surface area contributed by atoms with Crippen LogP contribution in [0.25, 0.3) is 0 Å². The summed E-state index contributed by atoms with van der Waals surface area (Å²) < 4.78 is 6.23. The van der Waals surface area contributed by atoms with Crippen LogP contribution in [-0.2, 0) is 20.9 Å². The number of halogens is 1. The standard InChI is InChI=1S/C40H43ClN2O4/c1-24-12-14-29(25(2)16-24)42-35(46)23-47-34-15-13-27(41)17-28(34)36-37-30(18-39(3,4)20-32(37)44)43(22-26-10-8-7-9-11-26)31-19-40(5,6)21-33(45)38(31)36/h7-17,36H,18-23H2,1-6H3,(H,42,46). The summed E-state index contributed by atoms with van der Waals surface area (Å²) in [5, 5.41) is 3.41. The van der Waals surface area contributed by atoms with E-state index in [0.717, 1.165) is 33.8 Å². The Morgan fingerprint density at radius 1 is 0.851 bits per heavy atom. The molecule has 2 aliphatic carbocycles. The number of ketones is 2. The monoisotopic (exact) mass is 650 g/mol. The van der Waals surface area contributed by atoms with Crippen molar-refractivity contribution < 1.29 is 19.1 Å². The van der Waals surface area contributed by atoms with Crippen molar-refractivity contribution in [2.45, 2.75) is 79.7 Å². The maximum atomic E-state index is 14.3. The largest absolute Gasteiger partial charge is 0.483 e. The van der Waals surface area contributed by atoms with Gasteiger partial charge in [0.2, 0.25) is 0 Å². The van der Waals surface area contributed by atoms with Gasteiger partial charge in [0.05, 0.1) is 0 Å². The highest BCUT2D eigenvalue weighted by atomic mass is 35.5. The van der Waals surface area contributed by atoms with Crippen molar-refractivity contribution in [3.63, 3.8) is 0 Å². The number of benzene rings is 3. The lowest BCUT2D eigenvalue weighted by atomic mass is 9.63. The Balaban J connectivity index is 1.45. The first-order valence-electron chi connectivity index (χ1n) is 16.3. The number of amides is 1. The van der Waals surface area contributed by atoms with E-state index in [1.165, 1.54) is 0 Å². The van der Waals surface area contributed by atoms with E-state index in [-0.39, 0.29) is 34.9 Å². The number of rotatable bonds is 7. The topological polar surface area (TPSA) is 75.7 Å². The van der Waals surface area contributed by atoms with Crippen LogP contribution in [0.3, 0.4) is 0 Å². The second kappa shape index (κ2) is 12.5. The van der Waals surface area contributed by atoms with Gasteiger partial charge >= 0.3 is 0 Å². The molecule has 0 spiro atoms. The molecule has 7 heteroatoms. The molecular weight excluding hydrogens is 608 g/mol. The molecule has 3 aliphatic rings. The molecular formula is C40H43ClN2O4. The zero-order valence-electron chi connectivity index (χ0n) is 28.1. The van der Waals surface area contributed by atoms with Crippen molar-refractivity contribution in [2.24, 2.45) is 10.8 Å². The highest BCUT2D eigenvalue weighted by Gasteiger charge is 2.49. The van der Waals surface area contributed by atoms with Gasteiger partial charge in [-0.05, 0) is 72.9 Å². The van der Waals surface area contributed by atoms with Gasteiger partial charge in [-0.3, -0.25) is 14.4 Å². The van der Waals surface area contributed by atoms with Gasteiger partial charge in [0.1, 0.15) is 5.75 Å². The first kappa shape index (κ1) is 32.8. The molecule has 0 aromatic heterocycles. The minimum Gasteiger partial charge on any atom is -0.483 e. The van der Waals surface area contributed by atoms with Crippen molar-refractivity contribution in [1.82, 2.24) is 4.90 Å². The fraction of sp³-hybridized carbons (Fsp3) is 0.375. The number of hydrogen-bond donors (Lipinski definition) is 1. The van der Waals surface area contributed by atoms with Crippen molar-refractivity contribution in [1.29, 1.82) is 0 Å². The summed E-state index contributed by atoms with van der Waals surface area (Å²) in [7, 11) is 0. The zero-order valence-corrected chi connectivity index (χ0v) is 28.9. The van der Waals surface area contributed by atoms with Crippen molar-refractivity contribution in [2.75, 3.05) is 11.9 Å². The average molecular weight is 651 g/mol. The molecule has 1 N–H and O–H groups in total. The fourth-order valence-corrected chi connectivity index (χ4v) is 7.66. The summed E-state index contributed by atoms with van der Waals surface area (Å²) in [6, 6.07) is 21.3. The number of nitrogens with one attached hydrogen (secondary N) is 1. The van der Waals surface area contributed by atoms with E-state index < -0.39 is 5.92 Å². The molecule has 1 aliphatic heterocycles. The number of carbonyl (C=O) groups is 3. The molecule has 0 saturated carbocycles. The number of carbonyl (C=O) groups excluding carboxylic acids is 3. The van der Waals surface area contributed by atoms with Gasteiger partial charge in [0, 0.05) is 64.1 Å². The normalized spacial score (nSPS) is 19.0. The predicted octanol–water partition coefficient (Wildman–Crippen LogP) is 8.86. The van der Waals surface area contributed by atoms with Gasteiger partial charge in [-0.25, -0.2) is 0 Å². The van der Waals surface area contributed by atoms with E-state index in [1.54, 1.807) is 18.2 Å². The van der Waals surface area contributed by atoms with Gasteiger partial charge in [-0.1, -0.05) is 87.3 Å². The number of hydrogen-bond acceptors (Lipinski definition) is 5. The Morgan fingerprint density at radius 2 is 1.47 bits per heavy atom. The Morgan fingerprint density at radius 3 is 2.06 bits per heavy atom. The quantitative estimate of drug-likeness (QED) is 0.276. The van der Waals surface area contributed by atoms with Crippen LogP contribution in [0.5, 0.6) is 5.75 Å². The molecule has 0 saturated heterocycles. The summed E-state index contributed by atoms with van der Waals surface area (Å²) >= 11 is 6.64.